The molecule has 0 fully saturated rings. The molecule has 0 aliphatic carbocycles. The summed E-state index contributed by atoms with van der Waals surface area (Å²) in [5.41, 5.74) is 1.51. The van der Waals surface area contributed by atoms with Gasteiger partial charge in [-0.3, -0.25) is 9.69 Å². The summed E-state index contributed by atoms with van der Waals surface area (Å²) in [4.78, 5) is 26.6. The third-order valence-electron chi connectivity index (χ3n) is 5.12. The number of rotatable bonds is 1. The number of nitrogens with one attached hydrogen (secondary N) is 1. The number of halogens is 2. The van der Waals surface area contributed by atoms with Crippen LogP contribution in [0.25, 0.3) is 5.69 Å². The summed E-state index contributed by atoms with van der Waals surface area (Å²) in [6.45, 7) is 5.95. The second-order valence-electron chi connectivity index (χ2n) is 8.37. The molecule has 1 aromatic heterocycles. The van der Waals surface area contributed by atoms with Crippen LogP contribution in [0.15, 0.2) is 16.6 Å². The van der Waals surface area contributed by atoms with Crippen molar-refractivity contribution in [1.29, 1.82) is 0 Å². The van der Waals surface area contributed by atoms with Crippen LogP contribution >= 0.6 is 15.9 Å². The first-order valence-electron chi connectivity index (χ1n) is 9.61. The fourth-order valence-electron chi connectivity index (χ4n) is 3.89. The lowest BCUT2D eigenvalue weighted by atomic mass is 9.96. The van der Waals surface area contributed by atoms with Gasteiger partial charge >= 0.3 is 6.09 Å². The van der Waals surface area contributed by atoms with Gasteiger partial charge in [-0.05, 0) is 48.8 Å². The van der Waals surface area contributed by atoms with Crippen molar-refractivity contribution in [3.63, 3.8) is 0 Å². The number of aromatic hydroxyl groups is 1. The molecule has 10 heteroatoms. The highest BCUT2D eigenvalue weighted by Gasteiger charge is 2.40. The van der Waals surface area contributed by atoms with Crippen molar-refractivity contribution >= 4 is 27.9 Å². The Balaban J connectivity index is 1.82. The average Bonchev–Trinajstić information content (AvgIpc) is 2.92. The maximum absolute atomic E-state index is 14.3. The first-order chi connectivity index (χ1) is 14.1. The number of carbonyl (C=O) groups excluding carboxylic acids is 2. The maximum Gasteiger partial charge on any atom is 0.410 e. The third-order valence-corrected chi connectivity index (χ3v) is 5.73. The number of benzene rings is 1. The molecule has 2 aliphatic rings. The quantitative estimate of drug-likeness (QED) is 0.653. The molecule has 1 unspecified atom stereocenters. The molecule has 0 saturated heterocycles. The lowest BCUT2D eigenvalue weighted by Gasteiger charge is -2.36. The number of nitrogens with zero attached hydrogens (tertiary/aromatic N) is 3. The maximum atomic E-state index is 14.3. The number of hydrogen-bond acceptors (Lipinski definition) is 5. The summed E-state index contributed by atoms with van der Waals surface area (Å²) in [6, 6.07) is 2.59. The summed E-state index contributed by atoms with van der Waals surface area (Å²) in [7, 11) is 0. The van der Waals surface area contributed by atoms with E-state index in [2.05, 4.69) is 26.3 Å². The molecule has 160 valence electrons. The highest BCUT2D eigenvalue weighted by Crippen LogP contribution is 2.38. The first-order valence-corrected chi connectivity index (χ1v) is 10.4. The van der Waals surface area contributed by atoms with Crippen LogP contribution in [0.3, 0.4) is 0 Å². The van der Waals surface area contributed by atoms with E-state index >= 15 is 0 Å². The molecule has 2 aromatic rings. The molecule has 3 heterocycles. The Morgan fingerprint density at radius 1 is 1.40 bits per heavy atom. The van der Waals surface area contributed by atoms with Gasteiger partial charge in [0.2, 0.25) is 5.91 Å². The van der Waals surface area contributed by atoms with E-state index in [0.29, 0.717) is 18.7 Å². The number of aromatic nitrogens is 2. The van der Waals surface area contributed by atoms with Crippen LogP contribution in [-0.4, -0.2) is 50.5 Å². The van der Waals surface area contributed by atoms with E-state index in [1.807, 2.05) is 0 Å². The van der Waals surface area contributed by atoms with E-state index in [4.69, 9.17) is 4.74 Å². The highest BCUT2D eigenvalue weighted by atomic mass is 79.9. The average molecular weight is 481 g/mol. The number of phenolic OH excluding ortho intramolecular Hbond substituents is 1. The van der Waals surface area contributed by atoms with E-state index in [1.54, 1.807) is 31.7 Å². The number of carbonyl (C=O) groups is 2. The van der Waals surface area contributed by atoms with Crippen molar-refractivity contribution in [3.8, 4) is 11.4 Å². The Labute approximate surface area is 181 Å². The van der Waals surface area contributed by atoms with Crippen LogP contribution in [0, 0.1) is 5.82 Å². The second-order valence-corrected chi connectivity index (χ2v) is 9.22. The lowest BCUT2D eigenvalue weighted by molar-refractivity contribution is -0.120. The molecule has 0 spiro atoms. The minimum Gasteiger partial charge on any atom is -0.503 e. The number of ether oxygens (including phenoxy) is 1. The van der Waals surface area contributed by atoms with Crippen molar-refractivity contribution in [1.82, 2.24) is 20.0 Å². The summed E-state index contributed by atoms with van der Waals surface area (Å²) in [5.74, 6) is -1.54. The molecule has 4 rings (SSSR count). The molecular formula is C20H22BrFN4O4. The molecule has 2 amide bonds. The Kier molecular flexibility index (Phi) is 5.00. The predicted octanol–water partition coefficient (Wildman–Crippen LogP) is 2.99. The normalized spacial score (nSPS) is 18.5. The van der Waals surface area contributed by atoms with Crippen molar-refractivity contribution < 1.29 is 23.8 Å². The minimum atomic E-state index is -0.786. The van der Waals surface area contributed by atoms with E-state index < -0.39 is 29.3 Å². The summed E-state index contributed by atoms with van der Waals surface area (Å²) >= 11 is 3.06. The zero-order chi connectivity index (χ0) is 21.8. The lowest BCUT2D eigenvalue weighted by Crippen LogP contribution is -2.46. The van der Waals surface area contributed by atoms with Crippen LogP contribution < -0.4 is 5.32 Å². The van der Waals surface area contributed by atoms with Gasteiger partial charge in [0.25, 0.3) is 0 Å². The Bertz CT molecular complexity index is 1050. The summed E-state index contributed by atoms with van der Waals surface area (Å²) < 4.78 is 21.4. The summed E-state index contributed by atoms with van der Waals surface area (Å²) in [5, 5.41) is 17.7. The van der Waals surface area contributed by atoms with Gasteiger partial charge in [0.15, 0.2) is 11.6 Å². The van der Waals surface area contributed by atoms with E-state index in [9.17, 15) is 19.1 Å². The number of amides is 2. The summed E-state index contributed by atoms with van der Waals surface area (Å²) in [6.07, 6.45) is -0.0116. The molecule has 2 N–H and O–H groups in total. The Morgan fingerprint density at radius 2 is 2.13 bits per heavy atom. The molecule has 0 bridgehead atoms. The highest BCUT2D eigenvalue weighted by molar-refractivity contribution is 9.10. The predicted molar refractivity (Wildman–Crippen MR) is 109 cm³/mol. The zero-order valence-electron chi connectivity index (χ0n) is 16.8. The van der Waals surface area contributed by atoms with Crippen LogP contribution in [-0.2, 0) is 22.4 Å². The van der Waals surface area contributed by atoms with Crippen molar-refractivity contribution in [2.75, 3.05) is 13.1 Å². The number of hydrogen-bond donors (Lipinski definition) is 2. The Morgan fingerprint density at radius 3 is 2.83 bits per heavy atom. The van der Waals surface area contributed by atoms with Crippen molar-refractivity contribution in [3.05, 3.63) is 39.4 Å². The van der Waals surface area contributed by atoms with E-state index in [0.717, 1.165) is 11.3 Å². The molecule has 2 aliphatic heterocycles. The van der Waals surface area contributed by atoms with E-state index in [-0.39, 0.29) is 29.0 Å². The molecule has 0 saturated carbocycles. The standard InChI is InChI=1S/C20H22BrFN4O4/c1-20(2,3)30-19(29)25-7-6-12-16-11(8-15(27)23-9-14(16)25)24-26(12)13-5-4-10(21)17(22)18(13)28/h4-5,14,28H,6-9H2,1-3H3,(H,23,27). The Hall–Kier alpha value is -2.62. The smallest absolute Gasteiger partial charge is 0.410 e. The van der Waals surface area contributed by atoms with Crippen LogP contribution in [0.5, 0.6) is 5.75 Å². The monoisotopic (exact) mass is 480 g/mol. The van der Waals surface area contributed by atoms with Gasteiger partial charge in [-0.25, -0.2) is 13.9 Å². The van der Waals surface area contributed by atoms with Gasteiger partial charge in [-0.2, -0.15) is 5.10 Å². The zero-order valence-corrected chi connectivity index (χ0v) is 18.4. The van der Waals surface area contributed by atoms with Gasteiger partial charge in [-0.1, -0.05) is 0 Å². The minimum absolute atomic E-state index is 0.0355. The molecule has 30 heavy (non-hydrogen) atoms. The topological polar surface area (TPSA) is 96.7 Å². The van der Waals surface area contributed by atoms with Crippen LogP contribution in [0.1, 0.15) is 43.8 Å². The van der Waals surface area contributed by atoms with Crippen molar-refractivity contribution in [2.45, 2.75) is 45.3 Å². The van der Waals surface area contributed by atoms with Crippen LogP contribution in [0.4, 0.5) is 9.18 Å². The molecular weight excluding hydrogens is 459 g/mol. The molecule has 1 aromatic carbocycles. The van der Waals surface area contributed by atoms with Crippen molar-refractivity contribution in [2.24, 2.45) is 0 Å². The molecule has 8 nitrogen and oxygen atoms in total. The fourth-order valence-corrected chi connectivity index (χ4v) is 4.21. The third kappa shape index (κ3) is 3.53. The van der Waals surface area contributed by atoms with Gasteiger partial charge < -0.3 is 15.2 Å². The molecule has 0 radical (unpaired) electrons. The molecule has 1 atom stereocenters. The van der Waals surface area contributed by atoms with Gasteiger partial charge in [0.1, 0.15) is 11.3 Å². The second kappa shape index (κ2) is 7.26. The van der Waals surface area contributed by atoms with Gasteiger partial charge in [0.05, 0.1) is 28.3 Å². The largest absolute Gasteiger partial charge is 0.503 e. The van der Waals surface area contributed by atoms with Gasteiger partial charge in [0, 0.05) is 25.1 Å². The van der Waals surface area contributed by atoms with E-state index in [1.165, 1.54) is 10.7 Å². The van der Waals surface area contributed by atoms with Gasteiger partial charge in [-0.15, -0.1) is 0 Å². The SMILES string of the molecule is CC(C)(C)OC(=O)N1CCc2c3c(nn2-c2ccc(Br)c(F)c2O)CC(=O)NCC31. The number of phenols is 1. The van der Waals surface area contributed by atoms with Crippen LogP contribution in [0.2, 0.25) is 0 Å². The first kappa shape index (κ1) is 20.6. The fraction of sp³-hybridized carbons (Fsp3) is 0.450.